The van der Waals surface area contributed by atoms with Gasteiger partial charge in [-0.15, -0.1) is 0 Å². The van der Waals surface area contributed by atoms with Gasteiger partial charge in [0.05, 0.1) is 28.0 Å². The maximum absolute atomic E-state index is 13.8. The van der Waals surface area contributed by atoms with Gasteiger partial charge < -0.3 is 5.32 Å². The molecule has 0 saturated carbocycles. The molecule has 2 aromatic heterocycles. The fraction of sp³-hybridized carbons (Fsp3) is 0.0455. The lowest BCUT2D eigenvalue weighted by atomic mass is 10.2. The summed E-state index contributed by atoms with van der Waals surface area (Å²) in [6.45, 7) is 0. The number of amides is 1. The van der Waals surface area contributed by atoms with Crippen LogP contribution in [0.1, 0.15) is 0 Å². The van der Waals surface area contributed by atoms with Crippen LogP contribution >= 0.6 is 11.8 Å². The second kappa shape index (κ2) is 7.59. The summed E-state index contributed by atoms with van der Waals surface area (Å²) in [5.74, 6) is -5.09. The number of imidazole rings is 1. The predicted molar refractivity (Wildman–Crippen MR) is 114 cm³/mol. The van der Waals surface area contributed by atoms with Crippen LogP contribution in [0.15, 0.2) is 65.8 Å². The third-order valence-electron chi connectivity index (χ3n) is 4.75. The smallest absolute Gasteiger partial charge is 0.234 e. The minimum absolute atomic E-state index is 0.120. The molecule has 31 heavy (non-hydrogen) atoms. The molecule has 0 fully saturated rings. The zero-order valence-electron chi connectivity index (χ0n) is 15.8. The van der Waals surface area contributed by atoms with Crippen molar-refractivity contribution in [3.8, 4) is 0 Å². The SMILES string of the molecule is O=C(CSc1nc2ccccc2c2nc3ccccc3n12)Nc1ccc(F)c(F)c1F. The Hall–Kier alpha value is -3.59. The molecule has 0 aliphatic carbocycles. The Kier molecular flexibility index (Phi) is 4.74. The molecule has 154 valence electrons. The first kappa shape index (κ1) is 19.4. The van der Waals surface area contributed by atoms with Gasteiger partial charge in [-0.1, -0.05) is 36.0 Å². The van der Waals surface area contributed by atoms with Crippen molar-refractivity contribution in [2.24, 2.45) is 0 Å². The maximum atomic E-state index is 13.8. The summed E-state index contributed by atoms with van der Waals surface area (Å²) in [4.78, 5) is 21.7. The molecule has 1 N–H and O–H groups in total. The van der Waals surface area contributed by atoms with Crippen molar-refractivity contribution in [3.63, 3.8) is 0 Å². The van der Waals surface area contributed by atoms with Crippen LogP contribution in [0, 0.1) is 17.5 Å². The minimum Gasteiger partial charge on any atom is -0.323 e. The molecule has 0 radical (unpaired) electrons. The monoisotopic (exact) mass is 438 g/mol. The van der Waals surface area contributed by atoms with Crippen molar-refractivity contribution in [3.05, 3.63) is 78.1 Å². The zero-order chi connectivity index (χ0) is 21.5. The first-order chi connectivity index (χ1) is 15.0. The number of nitrogens with one attached hydrogen (secondary N) is 1. The van der Waals surface area contributed by atoms with E-state index >= 15 is 0 Å². The maximum Gasteiger partial charge on any atom is 0.234 e. The van der Waals surface area contributed by atoms with Crippen molar-refractivity contribution in [2.75, 3.05) is 11.1 Å². The van der Waals surface area contributed by atoms with Gasteiger partial charge in [0.25, 0.3) is 0 Å². The van der Waals surface area contributed by atoms with Crippen molar-refractivity contribution in [2.45, 2.75) is 5.16 Å². The summed E-state index contributed by atoms with van der Waals surface area (Å²) in [7, 11) is 0. The van der Waals surface area contributed by atoms with E-state index in [2.05, 4.69) is 10.3 Å². The highest BCUT2D eigenvalue weighted by Gasteiger charge is 2.17. The topological polar surface area (TPSA) is 59.3 Å². The van der Waals surface area contributed by atoms with Gasteiger partial charge in [-0.2, -0.15) is 0 Å². The van der Waals surface area contributed by atoms with E-state index in [4.69, 9.17) is 4.98 Å². The Bertz CT molecular complexity index is 1480. The number of hydrogen-bond donors (Lipinski definition) is 1. The highest BCUT2D eigenvalue weighted by molar-refractivity contribution is 7.99. The number of anilines is 1. The number of rotatable bonds is 4. The molecule has 0 aliphatic rings. The molecule has 9 heteroatoms. The molecule has 0 bridgehead atoms. The lowest BCUT2D eigenvalue weighted by Crippen LogP contribution is -2.16. The van der Waals surface area contributed by atoms with Gasteiger partial charge >= 0.3 is 0 Å². The van der Waals surface area contributed by atoms with Crippen LogP contribution < -0.4 is 5.32 Å². The summed E-state index contributed by atoms with van der Waals surface area (Å²) < 4.78 is 42.2. The molecule has 2 heterocycles. The number of aromatic nitrogens is 3. The van der Waals surface area contributed by atoms with Crippen LogP contribution in [0.3, 0.4) is 0 Å². The minimum atomic E-state index is -1.63. The number of fused-ring (bicyclic) bond motifs is 5. The quantitative estimate of drug-likeness (QED) is 0.239. The summed E-state index contributed by atoms with van der Waals surface area (Å²) in [6, 6.07) is 16.9. The van der Waals surface area contributed by atoms with E-state index in [1.54, 1.807) is 0 Å². The summed E-state index contributed by atoms with van der Waals surface area (Å²) >= 11 is 1.13. The van der Waals surface area contributed by atoms with Gasteiger partial charge in [-0.05, 0) is 36.4 Å². The number of benzene rings is 3. The average molecular weight is 438 g/mol. The van der Waals surface area contributed by atoms with Gasteiger partial charge in [0.15, 0.2) is 22.6 Å². The van der Waals surface area contributed by atoms with Crippen LogP contribution in [-0.4, -0.2) is 26.0 Å². The highest BCUT2D eigenvalue weighted by atomic mass is 32.2. The van der Waals surface area contributed by atoms with Crippen LogP contribution in [-0.2, 0) is 4.79 Å². The van der Waals surface area contributed by atoms with Crippen LogP contribution in [0.4, 0.5) is 18.9 Å². The van der Waals surface area contributed by atoms with E-state index in [0.29, 0.717) is 10.8 Å². The van der Waals surface area contributed by atoms with Gasteiger partial charge in [0.2, 0.25) is 5.91 Å². The van der Waals surface area contributed by atoms with E-state index in [-0.39, 0.29) is 5.75 Å². The number of hydrogen-bond acceptors (Lipinski definition) is 4. The summed E-state index contributed by atoms with van der Waals surface area (Å²) in [5.41, 5.74) is 2.64. The highest BCUT2D eigenvalue weighted by Crippen LogP contribution is 2.29. The van der Waals surface area contributed by atoms with Crippen molar-refractivity contribution in [1.82, 2.24) is 14.4 Å². The molecule has 0 saturated heterocycles. The second-order valence-electron chi connectivity index (χ2n) is 6.73. The third kappa shape index (κ3) is 3.36. The van der Waals surface area contributed by atoms with Crippen molar-refractivity contribution in [1.29, 1.82) is 0 Å². The van der Waals surface area contributed by atoms with Crippen LogP contribution in [0.25, 0.3) is 27.6 Å². The number of halogens is 3. The van der Waals surface area contributed by atoms with E-state index < -0.39 is 29.0 Å². The summed E-state index contributed by atoms with van der Waals surface area (Å²) in [5, 5.41) is 3.67. The number of carbonyl (C=O) groups is 1. The largest absolute Gasteiger partial charge is 0.323 e. The average Bonchev–Trinajstić information content (AvgIpc) is 3.18. The number of thioether (sulfide) groups is 1. The van der Waals surface area contributed by atoms with Crippen LogP contribution in [0.5, 0.6) is 0 Å². The Morgan fingerprint density at radius 2 is 1.65 bits per heavy atom. The predicted octanol–water partition coefficient (Wildman–Crippen LogP) is 5.18. The number of nitrogens with zero attached hydrogens (tertiary/aromatic N) is 3. The van der Waals surface area contributed by atoms with Gasteiger partial charge in [0.1, 0.15) is 5.65 Å². The van der Waals surface area contributed by atoms with E-state index in [9.17, 15) is 18.0 Å². The van der Waals surface area contributed by atoms with Gasteiger partial charge in [-0.25, -0.2) is 23.1 Å². The zero-order valence-corrected chi connectivity index (χ0v) is 16.6. The van der Waals surface area contributed by atoms with Gasteiger partial charge in [0, 0.05) is 5.39 Å². The van der Waals surface area contributed by atoms with E-state index in [1.807, 2.05) is 52.9 Å². The Morgan fingerprint density at radius 1 is 0.903 bits per heavy atom. The van der Waals surface area contributed by atoms with Gasteiger partial charge in [-0.3, -0.25) is 9.20 Å². The van der Waals surface area contributed by atoms with E-state index in [1.165, 1.54) is 0 Å². The second-order valence-corrected chi connectivity index (χ2v) is 7.67. The standard InChI is InChI=1S/C22H13F3N4OS/c23-13-9-10-16(20(25)19(13)24)26-18(30)11-31-22-28-14-6-2-1-5-12(14)21-27-15-7-3-4-8-17(15)29(21)22/h1-10H,11H2,(H,26,30). The lowest BCUT2D eigenvalue weighted by molar-refractivity contribution is -0.113. The van der Waals surface area contributed by atoms with E-state index in [0.717, 1.165) is 45.8 Å². The molecule has 0 atom stereocenters. The molecule has 0 spiro atoms. The van der Waals surface area contributed by atoms with Crippen LogP contribution in [0.2, 0.25) is 0 Å². The molecule has 3 aromatic carbocycles. The fourth-order valence-electron chi connectivity index (χ4n) is 3.35. The first-order valence-corrected chi connectivity index (χ1v) is 10.2. The molecular formula is C22H13F3N4OS. The molecule has 0 unspecified atom stereocenters. The lowest BCUT2D eigenvalue weighted by Gasteiger charge is -2.09. The summed E-state index contributed by atoms with van der Waals surface area (Å²) in [6.07, 6.45) is 0. The molecule has 5 aromatic rings. The number of para-hydroxylation sites is 3. The molecule has 0 aliphatic heterocycles. The molecular weight excluding hydrogens is 425 g/mol. The molecule has 5 nitrogen and oxygen atoms in total. The van der Waals surface area contributed by atoms with Crippen molar-refractivity contribution < 1.29 is 18.0 Å². The Morgan fingerprint density at radius 3 is 2.48 bits per heavy atom. The fourth-order valence-corrected chi connectivity index (χ4v) is 4.16. The Labute approximate surface area is 177 Å². The molecule has 1 amide bonds. The Balaban J connectivity index is 1.50. The normalized spacial score (nSPS) is 11.5. The molecule has 5 rings (SSSR count). The van der Waals surface area contributed by atoms with Crippen molar-refractivity contribution >= 4 is 50.9 Å². The third-order valence-corrected chi connectivity index (χ3v) is 5.69. The first-order valence-electron chi connectivity index (χ1n) is 9.25. The number of carbonyl (C=O) groups excluding carboxylic acids is 1.